The van der Waals surface area contributed by atoms with E-state index in [0.29, 0.717) is 0 Å². The topological polar surface area (TPSA) is 0 Å². The Morgan fingerprint density at radius 2 is 0.750 bits per heavy atom. The van der Waals surface area contributed by atoms with E-state index in [4.69, 9.17) is 0 Å². The summed E-state index contributed by atoms with van der Waals surface area (Å²) in [6.45, 7) is 0. The quantitative estimate of drug-likeness (QED) is 0.586. The highest BCUT2D eigenvalue weighted by atomic mass is 14.9. The van der Waals surface area contributed by atoms with Crippen LogP contribution in [0.4, 0.5) is 0 Å². The molecule has 0 N–H and O–H groups in total. The predicted molar refractivity (Wildman–Crippen MR) is 72.1 cm³/mol. The molecule has 6 fully saturated rings. The molecule has 10 rings (SSSR count). The standard InChI is InChI=1S/C20H18/c1-3-7-5-2-6-8-4(1)10-9(3)15-13(7)17-11(5)12(6)18-14(8)16(10)19(15)20(17)18/h3-6,9-12,15-20H,1-2H2/t3-,4+,5+,6-,9-,10-,11-,12-,15-,16+,17+,18-,19?,20?/m1/s1. The molecule has 0 aromatic heterocycles. The Morgan fingerprint density at radius 1 is 0.400 bits per heavy atom. The summed E-state index contributed by atoms with van der Waals surface area (Å²) in [6.07, 6.45) is 3.28. The van der Waals surface area contributed by atoms with Gasteiger partial charge in [-0.1, -0.05) is 22.3 Å². The lowest BCUT2D eigenvalue weighted by Crippen LogP contribution is -2.25. The van der Waals surface area contributed by atoms with Crippen LogP contribution in [0.2, 0.25) is 0 Å². The summed E-state index contributed by atoms with van der Waals surface area (Å²) in [5, 5.41) is 0. The fourth-order valence-electron chi connectivity index (χ4n) is 12.3. The first kappa shape index (κ1) is 8.20. The van der Waals surface area contributed by atoms with Crippen LogP contribution < -0.4 is 0 Å². The maximum Gasteiger partial charge on any atom is -0.0123 e. The van der Waals surface area contributed by atoms with Crippen LogP contribution in [0.25, 0.3) is 0 Å². The molecule has 0 aromatic rings. The van der Waals surface area contributed by atoms with E-state index in [1.165, 1.54) is 35.5 Å². The first-order valence-electron chi connectivity index (χ1n) is 9.44. The molecular weight excluding hydrogens is 240 g/mol. The maximum atomic E-state index is 2.19. The first-order chi connectivity index (χ1) is 9.97. The summed E-state index contributed by atoms with van der Waals surface area (Å²) in [7, 11) is 0. The SMILES string of the molecule is C1[C@@H]2C3=C4[C@@H]5C6C7[C@H]8C9=C([C@H]%10C[C@@H]3[C@H]([C@@H]%108)[C@@H]47)[C@H]1[C@H]([C@@H]25)[C@@H]96. The zero-order valence-corrected chi connectivity index (χ0v) is 11.5. The van der Waals surface area contributed by atoms with Crippen LogP contribution in [-0.4, -0.2) is 0 Å². The van der Waals surface area contributed by atoms with Gasteiger partial charge in [0.05, 0.1) is 0 Å². The average molecular weight is 258 g/mol. The second-order valence-electron chi connectivity index (χ2n) is 10.3. The van der Waals surface area contributed by atoms with Crippen LogP contribution in [0.15, 0.2) is 22.3 Å². The van der Waals surface area contributed by atoms with Gasteiger partial charge in [0.25, 0.3) is 0 Å². The number of hydrogen-bond acceptors (Lipinski definition) is 0. The van der Waals surface area contributed by atoms with Crippen molar-refractivity contribution in [2.45, 2.75) is 12.8 Å². The molecule has 98 valence electrons. The number of fused-ring (bicyclic) bond motifs is 4. The highest BCUT2D eigenvalue weighted by Crippen LogP contribution is 2.93. The molecule has 0 radical (unpaired) electrons. The van der Waals surface area contributed by atoms with E-state index < -0.39 is 0 Å². The fourth-order valence-corrected chi connectivity index (χ4v) is 12.3. The van der Waals surface area contributed by atoms with Crippen LogP contribution in [-0.2, 0) is 0 Å². The van der Waals surface area contributed by atoms with Crippen molar-refractivity contribution in [1.82, 2.24) is 0 Å². The molecule has 0 bridgehead atoms. The lowest BCUT2D eigenvalue weighted by atomic mass is 9.75. The van der Waals surface area contributed by atoms with Gasteiger partial charge in [-0.15, -0.1) is 0 Å². The van der Waals surface area contributed by atoms with Gasteiger partial charge in [0.1, 0.15) is 0 Å². The Labute approximate surface area is 118 Å². The zero-order chi connectivity index (χ0) is 11.8. The van der Waals surface area contributed by atoms with Crippen molar-refractivity contribution < 1.29 is 0 Å². The van der Waals surface area contributed by atoms with Crippen LogP contribution in [0.5, 0.6) is 0 Å². The fraction of sp³-hybridized carbons (Fsp3) is 0.800. The minimum Gasteiger partial charge on any atom is -0.0635 e. The molecule has 0 heteroatoms. The third-order valence-corrected chi connectivity index (χ3v) is 11.2. The number of allylic oxidation sites excluding steroid dienone is 4. The van der Waals surface area contributed by atoms with E-state index in [1.54, 1.807) is 12.8 Å². The number of rotatable bonds is 0. The summed E-state index contributed by atoms with van der Waals surface area (Å²) in [6, 6.07) is 0. The molecular formula is C20H18. The van der Waals surface area contributed by atoms with Crippen LogP contribution in [0, 0.1) is 82.9 Å². The highest BCUT2D eigenvalue weighted by molar-refractivity contribution is 5.62. The van der Waals surface area contributed by atoms with Gasteiger partial charge in [-0.25, -0.2) is 0 Å². The summed E-state index contributed by atoms with van der Waals surface area (Å²) >= 11 is 0. The van der Waals surface area contributed by atoms with Gasteiger partial charge in [0.15, 0.2) is 0 Å². The average Bonchev–Trinajstić information content (AvgIpc) is 3.11. The maximum absolute atomic E-state index is 2.19. The van der Waals surface area contributed by atoms with Gasteiger partial charge in [0.2, 0.25) is 0 Å². The molecule has 6 saturated carbocycles. The zero-order valence-electron chi connectivity index (χ0n) is 11.5. The summed E-state index contributed by atoms with van der Waals surface area (Å²) in [5.41, 5.74) is 8.71. The smallest absolute Gasteiger partial charge is 0.0123 e. The summed E-state index contributed by atoms with van der Waals surface area (Å²) in [4.78, 5) is 0. The first-order valence-corrected chi connectivity index (χ1v) is 9.44. The van der Waals surface area contributed by atoms with E-state index in [0.717, 1.165) is 47.3 Å². The van der Waals surface area contributed by atoms with Crippen molar-refractivity contribution in [2.75, 3.05) is 0 Å². The van der Waals surface area contributed by atoms with Crippen LogP contribution in [0.3, 0.4) is 0 Å². The second kappa shape index (κ2) is 1.83. The number of hydrogen-bond donors (Lipinski definition) is 0. The molecule has 0 saturated heterocycles. The molecule has 10 aliphatic rings. The van der Waals surface area contributed by atoms with Crippen molar-refractivity contribution in [3.05, 3.63) is 22.3 Å². The molecule has 0 amide bonds. The normalized spacial score (nSPS) is 85.2. The minimum atomic E-state index is 1.13. The lowest BCUT2D eigenvalue weighted by Gasteiger charge is -2.28. The Bertz CT molecular complexity index is 660. The Kier molecular flexibility index (Phi) is 0.752. The van der Waals surface area contributed by atoms with Gasteiger partial charge in [-0.05, 0) is 95.7 Å². The molecule has 10 aliphatic carbocycles. The monoisotopic (exact) mass is 258 g/mol. The van der Waals surface area contributed by atoms with E-state index in [1.807, 2.05) is 0 Å². The van der Waals surface area contributed by atoms with E-state index >= 15 is 0 Å². The van der Waals surface area contributed by atoms with Crippen molar-refractivity contribution in [3.8, 4) is 0 Å². The Morgan fingerprint density at radius 3 is 1.10 bits per heavy atom. The molecule has 0 aliphatic heterocycles. The molecule has 2 unspecified atom stereocenters. The van der Waals surface area contributed by atoms with E-state index in [-0.39, 0.29) is 0 Å². The predicted octanol–water partition coefficient (Wildman–Crippen LogP) is 3.12. The van der Waals surface area contributed by atoms with Crippen LogP contribution >= 0.6 is 0 Å². The van der Waals surface area contributed by atoms with Crippen molar-refractivity contribution in [3.63, 3.8) is 0 Å². The molecule has 0 heterocycles. The molecule has 0 spiro atoms. The Balaban J connectivity index is 1.57. The van der Waals surface area contributed by atoms with E-state index in [9.17, 15) is 0 Å². The largest absolute Gasteiger partial charge is 0.0635 e. The Hall–Kier alpha value is -0.520. The van der Waals surface area contributed by atoms with Crippen molar-refractivity contribution in [2.24, 2.45) is 82.9 Å². The van der Waals surface area contributed by atoms with Crippen LogP contribution in [0.1, 0.15) is 12.8 Å². The molecule has 14 atom stereocenters. The molecule has 0 aromatic carbocycles. The van der Waals surface area contributed by atoms with Gasteiger partial charge >= 0.3 is 0 Å². The minimum absolute atomic E-state index is 1.13. The van der Waals surface area contributed by atoms with E-state index in [2.05, 4.69) is 22.3 Å². The van der Waals surface area contributed by atoms with Gasteiger partial charge < -0.3 is 0 Å². The lowest BCUT2D eigenvalue weighted by molar-refractivity contribution is 0.247. The van der Waals surface area contributed by atoms with Crippen molar-refractivity contribution in [1.29, 1.82) is 0 Å². The molecule has 0 nitrogen and oxygen atoms in total. The summed E-state index contributed by atoms with van der Waals surface area (Å²) < 4.78 is 0. The van der Waals surface area contributed by atoms with Gasteiger partial charge in [-0.2, -0.15) is 0 Å². The third-order valence-electron chi connectivity index (χ3n) is 11.2. The summed E-state index contributed by atoms with van der Waals surface area (Å²) in [5.74, 6) is 16.3. The third kappa shape index (κ3) is 0.411. The highest BCUT2D eigenvalue weighted by Gasteiger charge is 2.87. The second-order valence-corrected chi connectivity index (χ2v) is 10.3. The van der Waals surface area contributed by atoms with Gasteiger partial charge in [0, 0.05) is 0 Å². The van der Waals surface area contributed by atoms with Crippen molar-refractivity contribution >= 4 is 0 Å². The molecule has 20 heavy (non-hydrogen) atoms. The van der Waals surface area contributed by atoms with Gasteiger partial charge in [-0.3, -0.25) is 0 Å².